The fourth-order valence-electron chi connectivity index (χ4n) is 3.26. The van der Waals surface area contributed by atoms with Crippen molar-refractivity contribution in [2.45, 2.75) is 39.3 Å². The number of amides is 1. The van der Waals surface area contributed by atoms with Crippen molar-refractivity contribution in [1.29, 1.82) is 0 Å². The van der Waals surface area contributed by atoms with Crippen molar-refractivity contribution in [2.75, 3.05) is 39.3 Å². The molecule has 3 rings (SSSR count). The molecular formula is C16H26N4OS. The summed E-state index contributed by atoms with van der Waals surface area (Å²) >= 11 is 1.63. The number of carbonyl (C=O) groups excluding carboxylic acids is 1. The number of thiazole rings is 1. The van der Waals surface area contributed by atoms with Crippen LogP contribution in [0.15, 0.2) is 6.20 Å². The first-order valence-electron chi connectivity index (χ1n) is 8.20. The highest BCUT2D eigenvalue weighted by Crippen LogP contribution is 2.20. The van der Waals surface area contributed by atoms with Crippen molar-refractivity contribution in [3.05, 3.63) is 16.1 Å². The van der Waals surface area contributed by atoms with Crippen LogP contribution in [0.25, 0.3) is 0 Å². The average molecular weight is 322 g/mol. The van der Waals surface area contributed by atoms with E-state index in [0.29, 0.717) is 18.5 Å². The molecule has 1 amide bonds. The summed E-state index contributed by atoms with van der Waals surface area (Å²) in [6, 6.07) is 1.21. The normalized spacial score (nSPS) is 21.4. The maximum atomic E-state index is 12.3. The Kier molecular flexibility index (Phi) is 4.80. The highest BCUT2D eigenvalue weighted by Gasteiger charge is 2.36. The Morgan fingerprint density at radius 2 is 2.00 bits per heavy atom. The Bertz CT molecular complexity index is 516. The summed E-state index contributed by atoms with van der Waals surface area (Å²) in [5.41, 5.74) is 0. The number of hydrogen-bond acceptors (Lipinski definition) is 5. The molecule has 0 aromatic carbocycles. The molecule has 0 bridgehead atoms. The van der Waals surface area contributed by atoms with Gasteiger partial charge in [0.05, 0.1) is 11.4 Å². The molecule has 22 heavy (non-hydrogen) atoms. The fourth-order valence-corrected chi connectivity index (χ4v) is 4.04. The van der Waals surface area contributed by atoms with Crippen molar-refractivity contribution >= 4 is 17.2 Å². The summed E-state index contributed by atoms with van der Waals surface area (Å²) < 4.78 is 0. The fraction of sp³-hybridized carbons (Fsp3) is 0.750. The highest BCUT2D eigenvalue weighted by atomic mass is 32.1. The molecule has 0 atom stereocenters. The topological polar surface area (TPSA) is 39.7 Å². The Morgan fingerprint density at radius 1 is 1.32 bits per heavy atom. The van der Waals surface area contributed by atoms with Gasteiger partial charge in [-0.2, -0.15) is 0 Å². The minimum atomic E-state index is 0.251. The molecule has 1 aromatic rings. The van der Waals surface area contributed by atoms with Crippen LogP contribution in [-0.2, 0) is 11.2 Å². The number of aromatic nitrogens is 1. The van der Waals surface area contributed by atoms with Gasteiger partial charge < -0.3 is 4.90 Å². The van der Waals surface area contributed by atoms with E-state index in [1.165, 1.54) is 0 Å². The predicted molar refractivity (Wildman–Crippen MR) is 89.2 cm³/mol. The number of piperazine rings is 1. The Morgan fingerprint density at radius 3 is 2.55 bits per heavy atom. The smallest absolute Gasteiger partial charge is 0.227 e. The van der Waals surface area contributed by atoms with Crippen molar-refractivity contribution in [3.8, 4) is 0 Å². The third kappa shape index (κ3) is 3.50. The van der Waals surface area contributed by atoms with Crippen LogP contribution in [0, 0.1) is 6.92 Å². The number of rotatable bonds is 4. The Balaban J connectivity index is 1.41. The predicted octanol–water partition coefficient (Wildman–Crippen LogP) is 1.23. The summed E-state index contributed by atoms with van der Waals surface area (Å²) in [6.45, 7) is 12.9. The first-order chi connectivity index (χ1) is 10.5. The summed E-state index contributed by atoms with van der Waals surface area (Å²) in [5, 5.41) is 1.03. The van der Waals surface area contributed by atoms with Crippen LogP contribution < -0.4 is 0 Å². The molecule has 0 saturated carbocycles. The first kappa shape index (κ1) is 15.9. The van der Waals surface area contributed by atoms with E-state index < -0.39 is 0 Å². The second-order valence-corrected chi connectivity index (χ2v) is 7.96. The number of carbonyl (C=O) groups is 1. The molecule has 0 spiro atoms. The van der Waals surface area contributed by atoms with E-state index in [4.69, 9.17) is 0 Å². The summed E-state index contributed by atoms with van der Waals surface area (Å²) in [6.07, 6.45) is 2.35. The number of nitrogens with zero attached hydrogens (tertiary/aromatic N) is 4. The van der Waals surface area contributed by atoms with Crippen LogP contribution >= 0.6 is 11.3 Å². The van der Waals surface area contributed by atoms with Crippen LogP contribution in [-0.4, -0.2) is 76.9 Å². The van der Waals surface area contributed by atoms with Gasteiger partial charge in [-0.1, -0.05) is 0 Å². The third-order valence-electron chi connectivity index (χ3n) is 4.81. The van der Waals surface area contributed by atoms with Gasteiger partial charge in [0.2, 0.25) is 5.91 Å². The average Bonchev–Trinajstić information content (AvgIpc) is 2.83. The number of aryl methyl sites for hydroxylation is 1. The molecule has 122 valence electrons. The van der Waals surface area contributed by atoms with Gasteiger partial charge in [-0.15, -0.1) is 11.3 Å². The van der Waals surface area contributed by atoms with E-state index in [1.807, 2.05) is 18.0 Å². The van der Waals surface area contributed by atoms with Gasteiger partial charge in [0, 0.05) is 62.4 Å². The summed E-state index contributed by atoms with van der Waals surface area (Å²) in [7, 11) is 0. The molecule has 0 radical (unpaired) electrons. The molecule has 2 aliphatic heterocycles. The second-order valence-electron chi connectivity index (χ2n) is 6.64. The molecule has 0 aliphatic carbocycles. The van der Waals surface area contributed by atoms with Gasteiger partial charge in [0.15, 0.2) is 0 Å². The van der Waals surface area contributed by atoms with E-state index >= 15 is 0 Å². The van der Waals surface area contributed by atoms with Gasteiger partial charge in [0.1, 0.15) is 0 Å². The van der Waals surface area contributed by atoms with Crippen molar-refractivity contribution in [2.24, 2.45) is 0 Å². The van der Waals surface area contributed by atoms with Crippen molar-refractivity contribution in [3.63, 3.8) is 0 Å². The zero-order valence-electron chi connectivity index (χ0n) is 13.8. The van der Waals surface area contributed by atoms with Crippen LogP contribution in [0.2, 0.25) is 0 Å². The SMILES string of the molecule is Cc1ncc(CC(=O)N2CC(N3CCN(C(C)C)CC3)C2)s1. The largest absolute Gasteiger partial charge is 0.339 e. The monoisotopic (exact) mass is 322 g/mol. The molecule has 0 N–H and O–H groups in total. The highest BCUT2D eigenvalue weighted by molar-refractivity contribution is 7.11. The standard InChI is InChI=1S/C16H26N4OS/c1-12(2)18-4-6-19(7-5-18)14-10-20(11-14)16(21)8-15-9-17-13(3)22-15/h9,12,14H,4-8,10-11H2,1-3H3. The maximum Gasteiger partial charge on any atom is 0.227 e. The molecule has 5 nitrogen and oxygen atoms in total. The van der Waals surface area contributed by atoms with Gasteiger partial charge in [0.25, 0.3) is 0 Å². The lowest BCUT2D eigenvalue weighted by Crippen LogP contribution is -2.64. The summed E-state index contributed by atoms with van der Waals surface area (Å²) in [4.78, 5) is 24.6. The first-order valence-corrected chi connectivity index (χ1v) is 9.02. The number of hydrogen-bond donors (Lipinski definition) is 0. The van der Waals surface area contributed by atoms with Gasteiger partial charge in [-0.3, -0.25) is 14.6 Å². The molecule has 2 aliphatic rings. The zero-order valence-corrected chi connectivity index (χ0v) is 14.6. The molecule has 3 heterocycles. The van der Waals surface area contributed by atoms with Crippen LogP contribution in [0.5, 0.6) is 0 Å². The molecule has 2 saturated heterocycles. The summed E-state index contributed by atoms with van der Waals surface area (Å²) in [5.74, 6) is 0.251. The van der Waals surface area contributed by atoms with Crippen LogP contribution in [0.4, 0.5) is 0 Å². The van der Waals surface area contributed by atoms with E-state index in [-0.39, 0.29) is 5.91 Å². The van der Waals surface area contributed by atoms with Crippen molar-refractivity contribution in [1.82, 2.24) is 19.7 Å². The zero-order chi connectivity index (χ0) is 15.7. The van der Waals surface area contributed by atoms with Crippen LogP contribution in [0.3, 0.4) is 0 Å². The Labute approximate surface area is 136 Å². The molecule has 6 heteroatoms. The molecular weight excluding hydrogens is 296 g/mol. The quantitative estimate of drug-likeness (QED) is 0.836. The molecule has 1 aromatic heterocycles. The van der Waals surface area contributed by atoms with E-state index in [0.717, 1.165) is 49.2 Å². The van der Waals surface area contributed by atoms with E-state index in [2.05, 4.69) is 28.6 Å². The maximum absolute atomic E-state index is 12.3. The third-order valence-corrected chi connectivity index (χ3v) is 5.72. The Hall–Kier alpha value is -0.980. The van der Waals surface area contributed by atoms with E-state index in [9.17, 15) is 4.79 Å². The van der Waals surface area contributed by atoms with Gasteiger partial charge in [-0.05, 0) is 20.8 Å². The number of likely N-dealkylation sites (tertiary alicyclic amines) is 1. The minimum absolute atomic E-state index is 0.251. The molecule has 2 fully saturated rings. The van der Waals surface area contributed by atoms with Crippen LogP contribution in [0.1, 0.15) is 23.7 Å². The van der Waals surface area contributed by atoms with Gasteiger partial charge >= 0.3 is 0 Å². The van der Waals surface area contributed by atoms with E-state index in [1.54, 1.807) is 11.3 Å². The minimum Gasteiger partial charge on any atom is -0.339 e. The van der Waals surface area contributed by atoms with Crippen molar-refractivity contribution < 1.29 is 4.79 Å². The lowest BCUT2D eigenvalue weighted by Gasteiger charge is -2.48. The van der Waals surface area contributed by atoms with Gasteiger partial charge in [-0.25, -0.2) is 4.98 Å². The second kappa shape index (κ2) is 6.64. The lowest BCUT2D eigenvalue weighted by atomic mass is 10.0. The lowest BCUT2D eigenvalue weighted by molar-refractivity contribution is -0.138. The molecule has 0 unspecified atom stereocenters.